The summed E-state index contributed by atoms with van der Waals surface area (Å²) in [7, 11) is 0. The van der Waals surface area contributed by atoms with Crippen LogP contribution < -0.4 is 5.73 Å². The van der Waals surface area contributed by atoms with E-state index in [4.69, 9.17) is 25.1 Å². The van der Waals surface area contributed by atoms with E-state index in [-0.39, 0.29) is 308 Å². The fourth-order valence-corrected chi connectivity index (χ4v) is 2.62. The largest absolute Gasteiger partial charge is 0.394 e. The van der Waals surface area contributed by atoms with Gasteiger partial charge in [0.15, 0.2) is 6.29 Å². The maximum Gasteiger partial charge on any atom is 0.187 e. The molecule has 2 aliphatic rings. The van der Waals surface area contributed by atoms with E-state index in [9.17, 15) is 30.6 Å². The molecule has 4 unspecified atom stereocenters. The van der Waals surface area contributed by atoms with Crippen molar-refractivity contribution in [2.75, 3.05) is 13.2 Å². The van der Waals surface area contributed by atoms with Crippen molar-refractivity contribution >= 4 is 0 Å². The van der Waals surface area contributed by atoms with Crippen molar-refractivity contribution in [1.29, 1.82) is 0 Å². The average molecular weight is 1930 g/mol. The van der Waals surface area contributed by atoms with Crippen LogP contribution in [0.3, 0.4) is 0 Å². The molecule has 9 N–H and O–H groups in total. The van der Waals surface area contributed by atoms with Gasteiger partial charge in [-0.3, -0.25) is 0 Å². The van der Waals surface area contributed by atoms with E-state index in [1.165, 1.54) is 0 Å². The molecule has 0 bridgehead atoms. The minimum Gasteiger partial charge on any atom is -0.394 e. The average Bonchev–Trinajstić information content (AvgIpc) is 2.55. The van der Waals surface area contributed by atoms with Crippen molar-refractivity contribution in [3.05, 3.63) is 0 Å². The predicted molar refractivity (Wildman–Crippen MR) is 70.6 cm³/mol. The quantitative estimate of drug-likeness (QED) is 0.134. The number of aliphatic hydroxyl groups excluding tert-OH is 7. The van der Waals surface area contributed by atoms with Gasteiger partial charge in [0.1, 0.15) is 55.1 Å². The Morgan fingerprint density at radius 3 is 1.50 bits per heavy atom. The van der Waals surface area contributed by atoms with Crippen LogP contribution in [0, 0.1) is 308 Å². The van der Waals surface area contributed by atoms with Crippen molar-refractivity contribution < 1.29 is 358 Å². The van der Waals surface area contributed by atoms with Gasteiger partial charge in [-0.05, 0) is 0 Å². The molecule has 2 rings (SSSR count). The first kappa shape index (κ1) is 52.3. The van der Waals surface area contributed by atoms with Crippen molar-refractivity contribution in [3.8, 4) is 0 Å². The maximum absolute atomic E-state index is 10.0. The number of ether oxygens (including phenoxy) is 3. The molecule has 2 fully saturated rings. The molecule has 0 aromatic rings. The first-order valence-electron chi connectivity index (χ1n) is 7.15. The van der Waals surface area contributed by atoms with Gasteiger partial charge in [0.25, 0.3) is 0 Å². The summed E-state index contributed by atoms with van der Waals surface area (Å²) in [4.78, 5) is 0. The molecule has 0 aromatic carbocycles. The van der Waals surface area contributed by atoms with E-state index in [1.807, 2.05) is 0 Å². The van der Waals surface area contributed by atoms with Crippen LogP contribution in [0.2, 0.25) is 0 Å². The third-order valence-corrected chi connectivity index (χ3v) is 4.04. The molecule has 0 aliphatic carbocycles. The standard InChI is InChI=1S/C12H23NO10.7Ac/c13-11-8(19)7(18)10(4(2-15)21-11)23-12-9(20)6(17)5(16)3(1-14)22-12;;;;;;;/h3-12,14-20H,1-2,13H2;;;;;;;/t3?,4?,5-,6?,7?,8-,9-,10+,11+,12-;;;;;;;/m0......./s1. The smallest absolute Gasteiger partial charge is 0.187 e. The van der Waals surface area contributed by atoms with Crippen LogP contribution in [-0.2, 0) is 14.2 Å². The summed E-state index contributed by atoms with van der Waals surface area (Å²) in [6.07, 6.45) is -14.4. The van der Waals surface area contributed by atoms with E-state index in [0.29, 0.717) is 0 Å². The van der Waals surface area contributed by atoms with E-state index in [1.54, 1.807) is 0 Å². The molecule has 0 saturated carbocycles. The Bertz CT molecular complexity index is 406. The summed E-state index contributed by atoms with van der Waals surface area (Å²) < 4.78 is 15.6. The molecular formula is C12H23Ac7NO10. The van der Waals surface area contributed by atoms with Gasteiger partial charge in [-0.1, -0.05) is 0 Å². The molecule has 2 saturated heterocycles. The number of hydrogen-bond acceptors (Lipinski definition) is 11. The van der Waals surface area contributed by atoms with Gasteiger partial charge in [0.05, 0.1) is 13.2 Å². The molecular weight excluding hydrogens is 1910 g/mol. The fraction of sp³-hybridized carbons (Fsp3) is 1.00. The summed E-state index contributed by atoms with van der Waals surface area (Å²) >= 11 is 0. The molecule has 10 atom stereocenters. The Labute approximate surface area is 425 Å². The van der Waals surface area contributed by atoms with Gasteiger partial charge in [-0.25, -0.2) is 0 Å². The van der Waals surface area contributed by atoms with Crippen LogP contribution in [0.4, 0.5) is 0 Å². The van der Waals surface area contributed by atoms with Crippen LogP contribution in [0.5, 0.6) is 0 Å². The van der Waals surface area contributed by atoms with Gasteiger partial charge >= 0.3 is 0 Å². The normalized spacial score (nSPS) is 39.6. The van der Waals surface area contributed by atoms with Crippen molar-refractivity contribution in [1.82, 2.24) is 0 Å². The van der Waals surface area contributed by atoms with Crippen molar-refractivity contribution in [2.45, 2.75) is 61.3 Å². The SMILES string of the molecule is N[C@@H]1OC(CO)[C@@H](O[C@@H]2OC(CO)[C@H](O)C(O)[C@@H]2O)C(O)[C@@H]1O.[Ac].[Ac].[Ac].[Ac].[Ac].[Ac].[Ac]. The van der Waals surface area contributed by atoms with Crippen LogP contribution in [0.15, 0.2) is 0 Å². The molecule has 18 heteroatoms. The third kappa shape index (κ3) is 15.2. The summed E-state index contributed by atoms with van der Waals surface area (Å²) in [6.45, 7) is -1.25. The first-order valence-corrected chi connectivity index (χ1v) is 7.15. The van der Waals surface area contributed by atoms with E-state index in [2.05, 4.69) is 0 Å². The zero-order valence-electron chi connectivity index (χ0n) is 16.2. The molecule has 7 radical (unpaired) electrons. The number of nitrogens with two attached hydrogens (primary N) is 1. The van der Waals surface area contributed by atoms with Crippen LogP contribution in [0.25, 0.3) is 0 Å². The Hall–Kier alpha value is 9.65. The summed E-state index contributed by atoms with van der Waals surface area (Å²) in [5, 5.41) is 67.4. The van der Waals surface area contributed by atoms with E-state index < -0.39 is 74.6 Å². The van der Waals surface area contributed by atoms with Gasteiger partial charge in [-0.15, -0.1) is 0 Å². The van der Waals surface area contributed by atoms with E-state index >= 15 is 0 Å². The number of hydrogen-bond donors (Lipinski definition) is 8. The molecule has 0 amide bonds. The van der Waals surface area contributed by atoms with Crippen LogP contribution in [-0.4, -0.2) is 110 Å². The second-order valence-electron chi connectivity index (χ2n) is 5.60. The van der Waals surface area contributed by atoms with E-state index in [0.717, 1.165) is 0 Å². The summed E-state index contributed by atoms with van der Waals surface area (Å²) in [5.41, 5.74) is 5.46. The second kappa shape index (κ2) is 27.5. The minimum absolute atomic E-state index is 0. The predicted octanol–water partition coefficient (Wildman–Crippen LogP) is -5.43. The van der Waals surface area contributed by atoms with Crippen molar-refractivity contribution in [3.63, 3.8) is 0 Å². The molecule has 157 valence electrons. The Morgan fingerprint density at radius 1 is 0.600 bits per heavy atom. The zero-order chi connectivity index (χ0) is 17.3. The second-order valence-corrected chi connectivity index (χ2v) is 5.60. The molecule has 0 spiro atoms. The fourth-order valence-electron chi connectivity index (χ4n) is 2.62. The maximum atomic E-state index is 10.0. The topological polar surface area (TPSA) is 195 Å². The molecule has 0 aromatic heterocycles. The monoisotopic (exact) mass is 1930 g/mol. The van der Waals surface area contributed by atoms with Gasteiger partial charge in [0.2, 0.25) is 0 Å². The number of rotatable bonds is 4. The molecule has 2 aliphatic heterocycles. The zero-order valence-corrected chi connectivity index (χ0v) is 49.4. The Morgan fingerprint density at radius 2 is 1.07 bits per heavy atom. The number of aliphatic hydroxyl groups is 7. The molecule has 11 nitrogen and oxygen atoms in total. The molecule has 30 heavy (non-hydrogen) atoms. The van der Waals surface area contributed by atoms with Gasteiger partial charge in [-0.2, -0.15) is 0 Å². The van der Waals surface area contributed by atoms with Gasteiger partial charge in [0, 0.05) is 308 Å². The summed E-state index contributed by atoms with van der Waals surface area (Å²) in [6, 6.07) is 0. The third-order valence-electron chi connectivity index (χ3n) is 4.04. The van der Waals surface area contributed by atoms with Crippen LogP contribution >= 0.6 is 0 Å². The molecule has 2 heterocycles. The Balaban J connectivity index is -0.000000206. The van der Waals surface area contributed by atoms with Gasteiger partial charge < -0.3 is 55.7 Å². The minimum atomic E-state index is -1.69. The van der Waals surface area contributed by atoms with Crippen LogP contribution in [0.1, 0.15) is 0 Å². The first-order chi connectivity index (χ1) is 10.8. The van der Waals surface area contributed by atoms with Crippen molar-refractivity contribution in [2.24, 2.45) is 5.73 Å². The Kier molecular flexibility index (Phi) is 47.9. The summed E-state index contributed by atoms with van der Waals surface area (Å²) in [5.74, 6) is 0.